The molecule has 2 aromatic rings. The van der Waals surface area contributed by atoms with Crippen molar-refractivity contribution in [2.45, 2.75) is 18.4 Å². The highest BCUT2D eigenvalue weighted by atomic mass is 32.2. The molecule has 2 rings (SSSR count). The molecule has 3 N–H and O–H groups in total. The summed E-state index contributed by atoms with van der Waals surface area (Å²) in [5, 5.41) is 0. The molecule has 0 aliphatic rings. The second-order valence-electron chi connectivity index (χ2n) is 4.55. The largest absolute Gasteiger partial charge is 0.308 e. The van der Waals surface area contributed by atoms with E-state index in [1.54, 1.807) is 6.07 Å². The van der Waals surface area contributed by atoms with E-state index in [-0.39, 0.29) is 17.3 Å². The van der Waals surface area contributed by atoms with Crippen molar-refractivity contribution < 1.29 is 8.42 Å². The number of hydrogen-bond donors (Lipinski definition) is 2. The normalized spacial score (nSPS) is 11.6. The van der Waals surface area contributed by atoms with Gasteiger partial charge < -0.3 is 5.43 Å². The zero-order chi connectivity index (χ0) is 15.5. The van der Waals surface area contributed by atoms with Gasteiger partial charge in [-0.3, -0.25) is 4.98 Å². The Balaban J connectivity index is 2.26. The van der Waals surface area contributed by atoms with Crippen LogP contribution < -0.4 is 11.3 Å². The monoisotopic (exact) mass is 307 g/mol. The Morgan fingerprint density at radius 1 is 1.33 bits per heavy atom. The molecule has 0 atom stereocenters. The van der Waals surface area contributed by atoms with Gasteiger partial charge in [0.1, 0.15) is 5.82 Å². The molecule has 0 amide bonds. The standard InChI is InChI=1S/C13H17N5O2S/c1-10-4-3-5-11(16-10)9-18(2)21(19,20)12-6-7-15-13(8-12)17-14/h3-8H,9,14H2,1-2H3,(H,15,17). The molecule has 0 aliphatic heterocycles. The number of nitrogens with zero attached hydrogens (tertiary/aromatic N) is 3. The second kappa shape index (κ2) is 6.17. The van der Waals surface area contributed by atoms with Crippen molar-refractivity contribution in [3.63, 3.8) is 0 Å². The summed E-state index contributed by atoms with van der Waals surface area (Å²) in [5.41, 5.74) is 3.86. The predicted molar refractivity (Wildman–Crippen MR) is 79.7 cm³/mol. The first-order chi connectivity index (χ1) is 9.93. The third-order valence-corrected chi connectivity index (χ3v) is 4.72. The van der Waals surface area contributed by atoms with Crippen molar-refractivity contribution in [2.75, 3.05) is 12.5 Å². The van der Waals surface area contributed by atoms with Gasteiger partial charge in [0, 0.05) is 25.0 Å². The minimum absolute atomic E-state index is 0.126. The van der Waals surface area contributed by atoms with Crippen molar-refractivity contribution >= 4 is 15.8 Å². The summed E-state index contributed by atoms with van der Waals surface area (Å²) in [7, 11) is -2.12. The van der Waals surface area contributed by atoms with Crippen LogP contribution in [0.1, 0.15) is 11.4 Å². The van der Waals surface area contributed by atoms with Gasteiger partial charge in [-0.2, -0.15) is 4.31 Å². The predicted octanol–water partition coefficient (Wildman–Crippen LogP) is 0.891. The van der Waals surface area contributed by atoms with Crippen LogP contribution >= 0.6 is 0 Å². The summed E-state index contributed by atoms with van der Waals surface area (Å²) in [6.07, 6.45) is 1.39. The van der Waals surface area contributed by atoms with Crippen LogP contribution in [0.2, 0.25) is 0 Å². The van der Waals surface area contributed by atoms with Crippen LogP contribution in [0.3, 0.4) is 0 Å². The first-order valence-corrected chi connectivity index (χ1v) is 7.69. The minimum atomic E-state index is -3.62. The van der Waals surface area contributed by atoms with Gasteiger partial charge in [-0.1, -0.05) is 6.07 Å². The lowest BCUT2D eigenvalue weighted by molar-refractivity contribution is 0.462. The number of rotatable bonds is 5. The zero-order valence-electron chi connectivity index (χ0n) is 11.8. The number of nitrogen functional groups attached to an aromatic ring is 1. The number of anilines is 1. The molecule has 0 saturated carbocycles. The van der Waals surface area contributed by atoms with Crippen LogP contribution in [-0.2, 0) is 16.6 Å². The number of aryl methyl sites for hydroxylation is 1. The van der Waals surface area contributed by atoms with E-state index in [1.807, 2.05) is 19.1 Å². The molecule has 21 heavy (non-hydrogen) atoms. The third-order valence-electron chi connectivity index (χ3n) is 2.92. The minimum Gasteiger partial charge on any atom is -0.308 e. The molecule has 0 spiro atoms. The number of aromatic nitrogens is 2. The summed E-state index contributed by atoms with van der Waals surface area (Å²) in [6.45, 7) is 2.05. The lowest BCUT2D eigenvalue weighted by Crippen LogP contribution is -2.27. The van der Waals surface area contributed by atoms with Crippen LogP contribution in [0.4, 0.5) is 5.82 Å². The maximum atomic E-state index is 12.5. The average molecular weight is 307 g/mol. The smallest absolute Gasteiger partial charge is 0.243 e. The van der Waals surface area contributed by atoms with Gasteiger partial charge in [0.15, 0.2) is 0 Å². The number of sulfonamides is 1. The van der Waals surface area contributed by atoms with Gasteiger partial charge >= 0.3 is 0 Å². The van der Waals surface area contributed by atoms with E-state index >= 15 is 0 Å². The second-order valence-corrected chi connectivity index (χ2v) is 6.60. The van der Waals surface area contributed by atoms with Gasteiger partial charge in [0.25, 0.3) is 0 Å². The van der Waals surface area contributed by atoms with E-state index in [0.717, 1.165) is 5.69 Å². The lowest BCUT2D eigenvalue weighted by atomic mass is 10.3. The number of pyridine rings is 2. The molecule has 0 unspecified atom stereocenters. The zero-order valence-corrected chi connectivity index (χ0v) is 12.6. The molecule has 0 radical (unpaired) electrons. The van der Waals surface area contributed by atoms with Gasteiger partial charge in [-0.05, 0) is 25.1 Å². The number of nitrogens with two attached hydrogens (primary N) is 1. The maximum Gasteiger partial charge on any atom is 0.243 e. The fourth-order valence-electron chi connectivity index (χ4n) is 1.83. The van der Waals surface area contributed by atoms with Crippen molar-refractivity contribution in [3.8, 4) is 0 Å². The molecule has 0 aliphatic carbocycles. The summed E-state index contributed by atoms with van der Waals surface area (Å²) < 4.78 is 26.2. The van der Waals surface area contributed by atoms with Gasteiger partial charge in [-0.15, -0.1) is 0 Å². The summed E-state index contributed by atoms with van der Waals surface area (Å²) in [6, 6.07) is 8.31. The molecule has 0 bridgehead atoms. The Morgan fingerprint density at radius 3 is 2.76 bits per heavy atom. The third kappa shape index (κ3) is 3.54. The summed E-state index contributed by atoms with van der Waals surface area (Å²) in [5.74, 6) is 5.54. The lowest BCUT2D eigenvalue weighted by Gasteiger charge is -2.17. The summed E-state index contributed by atoms with van der Waals surface area (Å²) >= 11 is 0. The number of hydrogen-bond acceptors (Lipinski definition) is 6. The molecule has 0 fully saturated rings. The van der Waals surface area contributed by atoms with Crippen LogP contribution in [-0.4, -0.2) is 29.7 Å². The fraction of sp³-hybridized carbons (Fsp3) is 0.231. The van der Waals surface area contributed by atoms with Crippen LogP contribution in [0, 0.1) is 6.92 Å². The van der Waals surface area contributed by atoms with Crippen LogP contribution in [0.5, 0.6) is 0 Å². The molecular weight excluding hydrogens is 290 g/mol. The Hall–Kier alpha value is -2.03. The van der Waals surface area contributed by atoms with Gasteiger partial charge in [0.2, 0.25) is 10.0 Å². The van der Waals surface area contributed by atoms with E-state index in [0.29, 0.717) is 5.69 Å². The van der Waals surface area contributed by atoms with Crippen molar-refractivity contribution in [3.05, 3.63) is 47.9 Å². The fourth-order valence-corrected chi connectivity index (χ4v) is 2.99. The highest BCUT2D eigenvalue weighted by Crippen LogP contribution is 2.18. The first-order valence-electron chi connectivity index (χ1n) is 6.25. The van der Waals surface area contributed by atoms with Gasteiger partial charge in [-0.25, -0.2) is 19.2 Å². The van der Waals surface area contributed by atoms with Crippen molar-refractivity contribution in [1.82, 2.24) is 14.3 Å². The Morgan fingerprint density at radius 2 is 2.10 bits per heavy atom. The molecule has 8 heteroatoms. The first kappa shape index (κ1) is 15.4. The van der Waals surface area contributed by atoms with E-state index in [2.05, 4.69) is 15.4 Å². The summed E-state index contributed by atoms with van der Waals surface area (Å²) in [4.78, 5) is 8.32. The van der Waals surface area contributed by atoms with Crippen molar-refractivity contribution in [2.24, 2.45) is 5.84 Å². The molecule has 0 saturated heterocycles. The van der Waals surface area contributed by atoms with Gasteiger partial charge in [0.05, 0.1) is 17.1 Å². The average Bonchev–Trinajstić information content (AvgIpc) is 2.47. The van der Waals surface area contributed by atoms with Crippen molar-refractivity contribution in [1.29, 1.82) is 0 Å². The van der Waals surface area contributed by atoms with E-state index in [9.17, 15) is 8.42 Å². The maximum absolute atomic E-state index is 12.5. The molecule has 7 nitrogen and oxygen atoms in total. The Bertz CT molecular complexity index is 733. The van der Waals surface area contributed by atoms with E-state index in [4.69, 9.17) is 5.84 Å². The van der Waals surface area contributed by atoms with Crippen LogP contribution in [0.15, 0.2) is 41.4 Å². The van der Waals surface area contributed by atoms with E-state index < -0.39 is 10.0 Å². The molecule has 112 valence electrons. The Kier molecular flexibility index (Phi) is 4.51. The number of hydrazine groups is 1. The van der Waals surface area contributed by atoms with Crippen LogP contribution in [0.25, 0.3) is 0 Å². The highest BCUT2D eigenvalue weighted by molar-refractivity contribution is 7.89. The number of nitrogens with one attached hydrogen (secondary N) is 1. The quantitative estimate of drug-likeness (QED) is 0.628. The highest BCUT2D eigenvalue weighted by Gasteiger charge is 2.21. The molecule has 2 aromatic heterocycles. The topological polar surface area (TPSA) is 101 Å². The van der Waals surface area contributed by atoms with E-state index in [1.165, 1.54) is 29.7 Å². The Labute approximate surface area is 123 Å². The molecule has 2 heterocycles. The SMILES string of the molecule is Cc1cccc(CN(C)S(=O)(=O)c2ccnc(NN)c2)n1. The molecule has 0 aromatic carbocycles. The molecular formula is C13H17N5O2S.